The fourth-order valence-corrected chi connectivity index (χ4v) is 0.658. The summed E-state index contributed by atoms with van der Waals surface area (Å²) in [7, 11) is 0. The maximum absolute atomic E-state index is 11.4. The quantitative estimate of drug-likeness (QED) is 0.507. The van der Waals surface area contributed by atoms with E-state index in [-0.39, 0.29) is 19.1 Å². The molecule has 0 atom stereocenters. The highest BCUT2D eigenvalue weighted by Gasteiger charge is 2.26. The zero-order chi connectivity index (χ0) is 11.2. The summed E-state index contributed by atoms with van der Waals surface area (Å²) in [6, 6.07) is -0.615. The van der Waals surface area contributed by atoms with E-state index in [2.05, 4.69) is 5.32 Å². The van der Waals surface area contributed by atoms with Crippen LogP contribution in [0.2, 0.25) is 0 Å². The van der Waals surface area contributed by atoms with Gasteiger partial charge in [0.25, 0.3) is 0 Å². The molecule has 5 nitrogen and oxygen atoms in total. The van der Waals surface area contributed by atoms with Crippen LogP contribution in [0.1, 0.15) is 27.2 Å². The van der Waals surface area contributed by atoms with Crippen LogP contribution in [0.5, 0.6) is 0 Å². The second kappa shape index (κ2) is 5.47. The van der Waals surface area contributed by atoms with Crippen LogP contribution in [0, 0.1) is 5.41 Å². The Labute approximate surface area is 84.0 Å². The molecule has 3 N–H and O–H groups in total. The Hall–Kier alpha value is -1.26. The van der Waals surface area contributed by atoms with Gasteiger partial charge in [0, 0.05) is 0 Å². The van der Waals surface area contributed by atoms with Gasteiger partial charge in [-0.15, -0.1) is 0 Å². The van der Waals surface area contributed by atoms with Crippen molar-refractivity contribution >= 4 is 12.0 Å². The van der Waals surface area contributed by atoms with Gasteiger partial charge < -0.3 is 15.8 Å². The van der Waals surface area contributed by atoms with Crippen molar-refractivity contribution in [3.8, 4) is 0 Å². The number of nitrogens with one attached hydrogen (secondary N) is 1. The smallest absolute Gasteiger partial charge is 0.312 e. The summed E-state index contributed by atoms with van der Waals surface area (Å²) in [4.78, 5) is 21.6. The van der Waals surface area contributed by atoms with E-state index in [1.165, 1.54) is 0 Å². The molecule has 0 aromatic carbocycles. The fraction of sp³-hybridized carbons (Fsp3) is 0.778. The van der Waals surface area contributed by atoms with Crippen LogP contribution in [-0.2, 0) is 9.53 Å². The molecule has 0 aromatic rings. The molecule has 0 saturated heterocycles. The molecule has 0 aliphatic carbocycles. The molecule has 14 heavy (non-hydrogen) atoms. The Bertz CT molecular complexity index is 214. The van der Waals surface area contributed by atoms with E-state index < -0.39 is 11.4 Å². The standard InChI is InChI=1S/C9H18N2O3/c1-4-9(2,3)7(12)14-6-5-11-8(10)13/h4-6H2,1-3H3,(H3,10,11,13). The van der Waals surface area contributed by atoms with Gasteiger partial charge in [-0.2, -0.15) is 0 Å². The van der Waals surface area contributed by atoms with Gasteiger partial charge in [-0.25, -0.2) is 4.79 Å². The molecule has 0 aliphatic heterocycles. The number of urea groups is 1. The molecule has 0 saturated carbocycles. The van der Waals surface area contributed by atoms with Gasteiger partial charge >= 0.3 is 12.0 Å². The lowest BCUT2D eigenvalue weighted by Crippen LogP contribution is -2.34. The van der Waals surface area contributed by atoms with E-state index in [9.17, 15) is 9.59 Å². The van der Waals surface area contributed by atoms with E-state index in [0.29, 0.717) is 0 Å². The van der Waals surface area contributed by atoms with Crippen molar-refractivity contribution in [3.05, 3.63) is 0 Å². The molecule has 0 heterocycles. The maximum atomic E-state index is 11.4. The molecule has 0 aliphatic rings. The average molecular weight is 202 g/mol. The summed E-state index contributed by atoms with van der Waals surface area (Å²) in [6.45, 7) is 5.96. The fourth-order valence-electron chi connectivity index (χ4n) is 0.658. The third kappa shape index (κ3) is 4.69. The van der Waals surface area contributed by atoms with Crippen molar-refractivity contribution in [2.24, 2.45) is 11.1 Å². The zero-order valence-electron chi connectivity index (χ0n) is 8.92. The Kier molecular flexibility index (Phi) is 4.97. The molecule has 5 heteroatoms. The molecule has 0 rings (SSSR count). The Morgan fingerprint density at radius 2 is 2.00 bits per heavy atom. The second-order valence-corrected chi connectivity index (χ2v) is 3.66. The summed E-state index contributed by atoms with van der Waals surface area (Å²) in [5, 5.41) is 2.33. The normalized spacial score (nSPS) is 10.8. The molecule has 82 valence electrons. The van der Waals surface area contributed by atoms with Crippen LogP contribution in [0.25, 0.3) is 0 Å². The highest BCUT2D eigenvalue weighted by Crippen LogP contribution is 2.20. The molecule has 0 aromatic heterocycles. The summed E-state index contributed by atoms with van der Waals surface area (Å²) >= 11 is 0. The van der Waals surface area contributed by atoms with E-state index in [0.717, 1.165) is 6.42 Å². The molecule has 0 radical (unpaired) electrons. The predicted molar refractivity (Wildman–Crippen MR) is 52.6 cm³/mol. The van der Waals surface area contributed by atoms with Gasteiger partial charge in [0.2, 0.25) is 0 Å². The first-order valence-electron chi connectivity index (χ1n) is 4.60. The Balaban J connectivity index is 3.70. The number of rotatable bonds is 5. The summed E-state index contributed by atoms with van der Waals surface area (Å²) in [5.74, 6) is -0.258. The van der Waals surface area contributed by atoms with E-state index >= 15 is 0 Å². The highest BCUT2D eigenvalue weighted by atomic mass is 16.5. The largest absolute Gasteiger partial charge is 0.463 e. The Morgan fingerprint density at radius 1 is 1.43 bits per heavy atom. The summed E-state index contributed by atoms with van der Waals surface area (Å²) < 4.78 is 4.94. The molecule has 0 bridgehead atoms. The number of hydrogen-bond donors (Lipinski definition) is 2. The number of ether oxygens (including phenoxy) is 1. The van der Waals surface area contributed by atoms with E-state index in [1.54, 1.807) is 0 Å². The van der Waals surface area contributed by atoms with Crippen LogP contribution in [0.4, 0.5) is 4.79 Å². The van der Waals surface area contributed by atoms with Crippen LogP contribution in [0.3, 0.4) is 0 Å². The molecule has 0 spiro atoms. The van der Waals surface area contributed by atoms with Crippen LogP contribution >= 0.6 is 0 Å². The zero-order valence-corrected chi connectivity index (χ0v) is 8.92. The number of esters is 1. The van der Waals surface area contributed by atoms with Crippen molar-refractivity contribution in [1.82, 2.24) is 5.32 Å². The minimum atomic E-state index is -0.615. The maximum Gasteiger partial charge on any atom is 0.312 e. The SMILES string of the molecule is CCC(C)(C)C(=O)OCCNC(N)=O. The first-order chi connectivity index (χ1) is 6.40. The van der Waals surface area contributed by atoms with Crippen LogP contribution in [-0.4, -0.2) is 25.2 Å². The first kappa shape index (κ1) is 12.7. The topological polar surface area (TPSA) is 81.4 Å². The third-order valence-electron chi connectivity index (χ3n) is 2.07. The number of carbonyl (C=O) groups excluding carboxylic acids is 2. The van der Waals surface area contributed by atoms with E-state index in [1.807, 2.05) is 20.8 Å². The van der Waals surface area contributed by atoms with Gasteiger partial charge in [-0.05, 0) is 20.3 Å². The Morgan fingerprint density at radius 3 is 2.43 bits per heavy atom. The summed E-state index contributed by atoms with van der Waals surface area (Å²) in [6.07, 6.45) is 0.717. The first-order valence-corrected chi connectivity index (χ1v) is 4.60. The molecule has 2 amide bonds. The number of primary amides is 1. The van der Waals surface area contributed by atoms with Crippen molar-refractivity contribution in [3.63, 3.8) is 0 Å². The molecular weight excluding hydrogens is 184 g/mol. The predicted octanol–water partition coefficient (Wildman–Crippen LogP) is 0.634. The van der Waals surface area contributed by atoms with Gasteiger partial charge in [0.15, 0.2) is 0 Å². The lowest BCUT2D eigenvalue weighted by atomic mass is 9.91. The number of amides is 2. The second-order valence-electron chi connectivity index (χ2n) is 3.66. The summed E-state index contributed by atoms with van der Waals surface area (Å²) in [5.41, 5.74) is 4.37. The van der Waals surface area contributed by atoms with Crippen molar-refractivity contribution in [2.75, 3.05) is 13.2 Å². The lowest BCUT2D eigenvalue weighted by molar-refractivity contribution is -0.153. The number of hydrogen-bond acceptors (Lipinski definition) is 3. The monoisotopic (exact) mass is 202 g/mol. The molecular formula is C9H18N2O3. The minimum absolute atomic E-state index is 0.158. The van der Waals surface area contributed by atoms with Gasteiger partial charge in [0.1, 0.15) is 6.61 Å². The number of carbonyl (C=O) groups is 2. The van der Waals surface area contributed by atoms with Crippen LogP contribution < -0.4 is 11.1 Å². The highest BCUT2D eigenvalue weighted by molar-refractivity contribution is 5.75. The average Bonchev–Trinajstić information content (AvgIpc) is 2.11. The number of nitrogens with two attached hydrogens (primary N) is 1. The minimum Gasteiger partial charge on any atom is -0.463 e. The van der Waals surface area contributed by atoms with Crippen molar-refractivity contribution < 1.29 is 14.3 Å². The molecule has 0 fully saturated rings. The van der Waals surface area contributed by atoms with Crippen LogP contribution in [0.15, 0.2) is 0 Å². The lowest BCUT2D eigenvalue weighted by Gasteiger charge is -2.20. The van der Waals surface area contributed by atoms with E-state index in [4.69, 9.17) is 10.5 Å². The van der Waals surface area contributed by atoms with Gasteiger partial charge in [-0.3, -0.25) is 4.79 Å². The van der Waals surface area contributed by atoms with Crippen molar-refractivity contribution in [1.29, 1.82) is 0 Å². The van der Waals surface area contributed by atoms with Crippen molar-refractivity contribution in [2.45, 2.75) is 27.2 Å². The molecule has 0 unspecified atom stereocenters. The third-order valence-corrected chi connectivity index (χ3v) is 2.07. The van der Waals surface area contributed by atoms with Gasteiger partial charge in [-0.1, -0.05) is 6.92 Å². The van der Waals surface area contributed by atoms with Gasteiger partial charge in [0.05, 0.1) is 12.0 Å².